The molecule has 1 spiro atoms. The molecule has 4 heterocycles. The third-order valence-corrected chi connectivity index (χ3v) is 7.65. The lowest BCUT2D eigenvalue weighted by Gasteiger charge is -2.42. The maximum atomic E-state index is 13.8. The number of rotatable bonds is 5. The van der Waals surface area contributed by atoms with E-state index < -0.39 is 4.18 Å². The number of nitrogens with two attached hydrogens (primary N) is 1. The lowest BCUT2D eigenvalue weighted by atomic mass is 9.74. The third kappa shape index (κ3) is 4.13. The first-order valence-electron chi connectivity index (χ1n) is 11.0. The molecule has 3 N–H and O–H groups in total. The van der Waals surface area contributed by atoms with Crippen LogP contribution >= 0.6 is 22.6 Å². The molecule has 0 bridgehead atoms. The van der Waals surface area contributed by atoms with Crippen LogP contribution in [0, 0.1) is 5.41 Å². The van der Waals surface area contributed by atoms with Crippen molar-refractivity contribution in [2.45, 2.75) is 55.2 Å². The second-order valence-corrected chi connectivity index (χ2v) is 9.88. The van der Waals surface area contributed by atoms with Crippen LogP contribution in [0.2, 0.25) is 0 Å². The number of aromatic amines is 1. The Morgan fingerprint density at radius 3 is 2.81 bits per heavy atom. The Hall–Kier alpha value is -1.88. The fraction of sp³-hybridized carbons (Fsp3) is 0.545. The Kier molecular flexibility index (Phi) is 5.80. The van der Waals surface area contributed by atoms with E-state index in [0.29, 0.717) is 41.3 Å². The summed E-state index contributed by atoms with van der Waals surface area (Å²) in [7, 11) is 0. The Morgan fingerprint density at radius 1 is 1.23 bits per heavy atom. The average molecular weight is 535 g/mol. The number of nitrogens with zero attached hydrogens (tertiary/aromatic N) is 5. The minimum Gasteiger partial charge on any atom is -0.342 e. The zero-order chi connectivity index (χ0) is 21.4. The Labute approximate surface area is 194 Å². The minimum absolute atomic E-state index is 0.327. The van der Waals surface area contributed by atoms with Gasteiger partial charge in [0.2, 0.25) is 5.95 Å². The summed E-state index contributed by atoms with van der Waals surface area (Å²) in [6.45, 7) is 1.93. The Morgan fingerprint density at radius 2 is 2.06 bits per heavy atom. The van der Waals surface area contributed by atoms with E-state index in [1.165, 1.54) is 12.8 Å². The Bertz CT molecular complexity index is 1060. The molecule has 164 valence electrons. The molecule has 31 heavy (non-hydrogen) atoms. The molecule has 5 rings (SSSR count). The van der Waals surface area contributed by atoms with Crippen LogP contribution in [0.3, 0.4) is 0 Å². The summed E-state index contributed by atoms with van der Waals surface area (Å²) >= 11 is 1.75. The summed E-state index contributed by atoms with van der Waals surface area (Å²) in [5.41, 5.74) is 10.3. The van der Waals surface area contributed by atoms with Crippen LogP contribution in [0.5, 0.6) is 0 Å². The maximum Gasteiger partial charge on any atom is 0.206 e. The standard InChI is InChI=1S/C22H27FIN7/c23-18(24)17-14(3-2-10-26-17)5-6-15-13-27-19-20(28-15)30-21(29-19)31-11-8-22(9-12-31)7-1-4-16(22)25/h2-3,10,13,16,18H,1,4-9,11-12,25H2,(H,27,28,29,30)/t16-,18?/m1/s1. The summed E-state index contributed by atoms with van der Waals surface area (Å²) < 4.78 is 12.7. The summed E-state index contributed by atoms with van der Waals surface area (Å²) in [5, 5.41) is 0. The van der Waals surface area contributed by atoms with Gasteiger partial charge in [0.25, 0.3) is 0 Å². The van der Waals surface area contributed by atoms with Crippen LogP contribution in [0.1, 0.15) is 53.2 Å². The molecule has 7 nitrogen and oxygen atoms in total. The molecule has 3 aromatic rings. The topological polar surface area (TPSA) is 96.6 Å². The molecule has 1 saturated carbocycles. The smallest absolute Gasteiger partial charge is 0.206 e. The number of piperidine rings is 1. The highest BCUT2D eigenvalue weighted by molar-refractivity contribution is 14.1. The van der Waals surface area contributed by atoms with Gasteiger partial charge in [-0.1, -0.05) is 12.5 Å². The van der Waals surface area contributed by atoms with Crippen molar-refractivity contribution in [3.8, 4) is 0 Å². The predicted molar refractivity (Wildman–Crippen MR) is 127 cm³/mol. The van der Waals surface area contributed by atoms with Gasteiger partial charge in [-0.2, -0.15) is 4.98 Å². The monoisotopic (exact) mass is 535 g/mol. The number of fused-ring (bicyclic) bond motifs is 1. The molecule has 9 heteroatoms. The fourth-order valence-corrected chi connectivity index (χ4v) is 5.72. The fourth-order valence-electron chi connectivity index (χ4n) is 5.16. The number of hydrogen-bond acceptors (Lipinski definition) is 6. The third-order valence-electron chi connectivity index (χ3n) is 7.06. The van der Waals surface area contributed by atoms with Gasteiger partial charge in [0.05, 0.1) is 17.6 Å². The van der Waals surface area contributed by atoms with Crippen molar-refractivity contribution < 1.29 is 4.39 Å². The van der Waals surface area contributed by atoms with Crippen molar-refractivity contribution in [3.63, 3.8) is 0 Å². The number of aryl methyl sites for hydroxylation is 2. The van der Waals surface area contributed by atoms with Gasteiger partial charge in [0.1, 0.15) is 0 Å². The van der Waals surface area contributed by atoms with E-state index in [-0.39, 0.29) is 0 Å². The first-order valence-corrected chi connectivity index (χ1v) is 12.2. The van der Waals surface area contributed by atoms with E-state index in [9.17, 15) is 4.39 Å². The first kappa shape index (κ1) is 21.0. The SMILES string of the molecule is N[C@@H]1CCCC12CCN(c1nc3ncc(CCc4cccnc4C(F)I)nc3[nH]1)CC2. The van der Waals surface area contributed by atoms with Gasteiger partial charge in [-0.05, 0) is 78.2 Å². The van der Waals surface area contributed by atoms with Gasteiger partial charge in [0, 0.05) is 25.3 Å². The molecule has 2 atom stereocenters. The van der Waals surface area contributed by atoms with E-state index in [2.05, 4.69) is 24.8 Å². The second-order valence-electron chi connectivity index (χ2n) is 8.79. The molecule has 1 aliphatic heterocycles. The van der Waals surface area contributed by atoms with Crippen molar-refractivity contribution >= 4 is 39.8 Å². The molecule has 0 aromatic carbocycles. The summed E-state index contributed by atoms with van der Waals surface area (Å²) in [6.07, 6.45) is 10.7. The number of aromatic nitrogens is 5. The normalized spacial score (nSPS) is 21.8. The first-order chi connectivity index (χ1) is 15.0. The summed E-state index contributed by atoms with van der Waals surface area (Å²) in [6, 6.07) is 4.11. The van der Waals surface area contributed by atoms with Crippen molar-refractivity contribution in [1.29, 1.82) is 0 Å². The largest absolute Gasteiger partial charge is 0.342 e. The van der Waals surface area contributed by atoms with Gasteiger partial charge in [-0.3, -0.25) is 4.98 Å². The van der Waals surface area contributed by atoms with Crippen LogP contribution in [-0.4, -0.2) is 44.1 Å². The van der Waals surface area contributed by atoms with Crippen molar-refractivity contribution in [2.24, 2.45) is 11.1 Å². The summed E-state index contributed by atoms with van der Waals surface area (Å²) in [4.78, 5) is 23.7. The molecule has 0 radical (unpaired) electrons. The van der Waals surface area contributed by atoms with E-state index in [4.69, 9.17) is 10.7 Å². The summed E-state index contributed by atoms with van der Waals surface area (Å²) in [5.74, 6) is 0.841. The minimum atomic E-state index is -1.11. The zero-order valence-corrected chi connectivity index (χ0v) is 19.6. The van der Waals surface area contributed by atoms with Gasteiger partial charge in [-0.25, -0.2) is 14.4 Å². The number of H-pyrrole nitrogens is 1. The number of halogens is 2. The van der Waals surface area contributed by atoms with Crippen LogP contribution in [0.4, 0.5) is 10.3 Å². The Balaban J connectivity index is 1.28. The number of alkyl halides is 2. The molecule has 2 aliphatic rings. The molecular formula is C22H27FIN7. The van der Waals surface area contributed by atoms with Gasteiger partial charge in [-0.15, -0.1) is 0 Å². The number of imidazole rings is 1. The molecule has 2 fully saturated rings. The van der Waals surface area contributed by atoms with Gasteiger partial charge >= 0.3 is 0 Å². The molecule has 1 aliphatic carbocycles. The lowest BCUT2D eigenvalue weighted by molar-refractivity contribution is 0.197. The number of nitrogens with one attached hydrogen (secondary N) is 1. The molecular weight excluding hydrogens is 508 g/mol. The van der Waals surface area contributed by atoms with Crippen molar-refractivity contribution in [1.82, 2.24) is 24.9 Å². The molecule has 1 unspecified atom stereocenters. The lowest BCUT2D eigenvalue weighted by Crippen LogP contribution is -2.47. The van der Waals surface area contributed by atoms with Crippen molar-refractivity contribution in [3.05, 3.63) is 41.5 Å². The maximum absolute atomic E-state index is 13.8. The number of hydrogen-bond donors (Lipinski definition) is 2. The van der Waals surface area contributed by atoms with Crippen LogP contribution < -0.4 is 10.6 Å². The highest BCUT2D eigenvalue weighted by Gasteiger charge is 2.43. The zero-order valence-electron chi connectivity index (χ0n) is 17.4. The van der Waals surface area contributed by atoms with Crippen LogP contribution in [-0.2, 0) is 12.8 Å². The van der Waals surface area contributed by atoms with E-state index in [1.807, 2.05) is 12.1 Å². The highest BCUT2D eigenvalue weighted by atomic mass is 127. The van der Waals surface area contributed by atoms with Crippen LogP contribution in [0.15, 0.2) is 24.5 Å². The van der Waals surface area contributed by atoms with E-state index >= 15 is 0 Å². The predicted octanol–water partition coefficient (Wildman–Crippen LogP) is 4.03. The molecule has 0 amide bonds. The second kappa shape index (κ2) is 8.57. The van der Waals surface area contributed by atoms with E-state index in [1.54, 1.807) is 35.0 Å². The van der Waals surface area contributed by atoms with E-state index in [0.717, 1.165) is 49.6 Å². The number of anilines is 1. The van der Waals surface area contributed by atoms with Crippen LogP contribution in [0.25, 0.3) is 11.3 Å². The van der Waals surface area contributed by atoms with Gasteiger partial charge in [0.15, 0.2) is 15.5 Å². The highest BCUT2D eigenvalue weighted by Crippen LogP contribution is 2.45. The molecule has 1 saturated heterocycles. The molecule has 3 aromatic heterocycles. The van der Waals surface area contributed by atoms with Crippen molar-refractivity contribution in [2.75, 3.05) is 18.0 Å². The average Bonchev–Trinajstić information content (AvgIpc) is 3.36. The number of pyridine rings is 1. The van der Waals surface area contributed by atoms with Gasteiger partial charge < -0.3 is 15.6 Å². The quantitative estimate of drug-likeness (QED) is 0.379.